The predicted molar refractivity (Wildman–Crippen MR) is 229 cm³/mol. The molecule has 0 saturated carbocycles. The second-order valence-electron chi connectivity index (χ2n) is 19.1. The molecular weight excluding hydrogens is 793 g/mol. The van der Waals surface area contributed by atoms with Gasteiger partial charge in [-0.2, -0.15) is 0 Å². The van der Waals surface area contributed by atoms with Gasteiger partial charge in [0.25, 0.3) is 0 Å². The molecule has 0 bridgehead atoms. The molecule has 0 aliphatic rings. The summed E-state index contributed by atoms with van der Waals surface area (Å²) < 4.78 is 10.0. The maximum absolute atomic E-state index is 13.7. The highest BCUT2D eigenvalue weighted by Crippen LogP contribution is 2.14. The average molecular weight is 869 g/mol. The first-order valence-corrected chi connectivity index (χ1v) is 20.9. The summed E-state index contributed by atoms with van der Waals surface area (Å²) in [7, 11) is 1.19. The van der Waals surface area contributed by atoms with Crippen LogP contribution in [0.1, 0.15) is 131 Å². The molecule has 0 aliphatic carbocycles. The lowest BCUT2D eigenvalue weighted by Crippen LogP contribution is -2.64. The molecule has 0 spiro atoms. The Bertz CT molecular complexity index is 1570. The number of hydrogen-bond donors (Lipinski definition) is 8. The Morgan fingerprint density at radius 1 is 0.459 bits per heavy atom. The van der Waals surface area contributed by atoms with Gasteiger partial charge in [0.1, 0.15) is 52.9 Å². The van der Waals surface area contributed by atoms with Gasteiger partial charge in [-0.3, -0.25) is 33.6 Å². The lowest BCUT2D eigenvalue weighted by atomic mass is 9.97. The summed E-state index contributed by atoms with van der Waals surface area (Å²) in [6.07, 6.45) is -0.398. The van der Waals surface area contributed by atoms with Crippen LogP contribution in [0.4, 0.5) is 4.79 Å². The Morgan fingerprint density at radius 3 is 1.15 bits per heavy atom. The highest BCUT2D eigenvalue weighted by atomic mass is 16.6. The number of alkyl carbamates (subject to hydrolysis) is 1. The number of ether oxygens (including phenoxy) is 2. The summed E-state index contributed by atoms with van der Waals surface area (Å²) in [6, 6.07) is -6.64. The molecular formula is C42H76N8O11. The van der Waals surface area contributed by atoms with Gasteiger partial charge in [0.2, 0.25) is 41.4 Å². The second kappa shape index (κ2) is 23.9. The third kappa shape index (κ3) is 20.0. The molecule has 0 heterocycles. The highest BCUT2D eigenvalue weighted by molar-refractivity contribution is 5.99. The summed E-state index contributed by atoms with van der Waals surface area (Å²) in [6.45, 7) is 27.8. The van der Waals surface area contributed by atoms with Gasteiger partial charge in [0, 0.05) is 0 Å². The Morgan fingerprint density at radius 2 is 0.820 bits per heavy atom. The van der Waals surface area contributed by atoms with Crippen molar-refractivity contribution >= 4 is 53.4 Å². The van der Waals surface area contributed by atoms with E-state index in [0.29, 0.717) is 0 Å². The third-order valence-corrected chi connectivity index (χ3v) is 9.18. The summed E-state index contributed by atoms with van der Waals surface area (Å²) in [5, 5.41) is 20.9. The van der Waals surface area contributed by atoms with Crippen molar-refractivity contribution in [1.29, 1.82) is 0 Å². The molecule has 350 valence electrons. The zero-order chi connectivity index (χ0) is 48.0. The maximum atomic E-state index is 13.7. The minimum absolute atomic E-state index is 0.0290. The fraction of sp³-hybridized carbons (Fsp3) is 0.786. The van der Waals surface area contributed by atoms with Crippen molar-refractivity contribution in [3.63, 3.8) is 0 Å². The van der Waals surface area contributed by atoms with E-state index in [0.717, 1.165) is 0 Å². The largest absolute Gasteiger partial charge is 0.467 e. The number of hydrogen-bond acceptors (Lipinski definition) is 11. The van der Waals surface area contributed by atoms with Gasteiger partial charge in [-0.25, -0.2) is 9.59 Å². The van der Waals surface area contributed by atoms with Crippen LogP contribution in [0.5, 0.6) is 0 Å². The first-order valence-electron chi connectivity index (χ1n) is 20.9. The van der Waals surface area contributed by atoms with Gasteiger partial charge in [-0.15, -0.1) is 0 Å². The first-order chi connectivity index (χ1) is 27.6. The molecule has 8 N–H and O–H groups in total. The van der Waals surface area contributed by atoms with Crippen LogP contribution in [0, 0.1) is 23.7 Å². The number of nitrogens with one attached hydrogen (secondary N) is 8. The van der Waals surface area contributed by atoms with Crippen LogP contribution in [-0.4, -0.2) is 113 Å². The van der Waals surface area contributed by atoms with E-state index in [1.165, 1.54) is 48.7 Å². The van der Waals surface area contributed by atoms with E-state index in [-0.39, 0.29) is 30.6 Å². The molecule has 19 heteroatoms. The van der Waals surface area contributed by atoms with Crippen molar-refractivity contribution in [3.05, 3.63) is 0 Å². The van der Waals surface area contributed by atoms with E-state index < -0.39 is 112 Å². The van der Waals surface area contributed by atoms with Crippen molar-refractivity contribution in [2.45, 2.75) is 183 Å². The Hall–Kier alpha value is -4.97. The Labute approximate surface area is 362 Å². The third-order valence-electron chi connectivity index (χ3n) is 9.18. The number of carbonyl (C=O) groups excluding carboxylic acids is 9. The normalized spacial score (nSPS) is 15.0. The minimum atomic E-state index is -1.61. The molecule has 0 aromatic carbocycles. The van der Waals surface area contributed by atoms with E-state index in [9.17, 15) is 43.2 Å². The van der Waals surface area contributed by atoms with E-state index in [1.807, 2.05) is 27.7 Å². The summed E-state index contributed by atoms with van der Waals surface area (Å²) >= 11 is 0. The molecule has 8 amide bonds. The lowest BCUT2D eigenvalue weighted by Gasteiger charge is -2.32. The molecule has 19 nitrogen and oxygen atoms in total. The number of amides is 8. The fourth-order valence-electron chi connectivity index (χ4n) is 5.72. The van der Waals surface area contributed by atoms with Crippen LogP contribution in [-0.2, 0) is 47.8 Å². The molecule has 0 aromatic rings. The van der Waals surface area contributed by atoms with Crippen LogP contribution in [0.2, 0.25) is 0 Å². The zero-order valence-electron chi connectivity index (χ0n) is 39.7. The SMILES string of the molecule is COC(=O)C(C)(C)NC(=O)[C@H](CC(C)C)NC(=O)[C@H](C)NC(=O)[C@@H](NC(=O)C(C)(C)NC(=O)[C@H](CC(C)C)NC(=O)[C@H](C)NC(=O)[C@@H](NC(=O)OC(C)(C)C)C(C)C)C(C)C. The quantitative estimate of drug-likeness (QED) is 0.0726. The van der Waals surface area contributed by atoms with E-state index in [4.69, 9.17) is 9.47 Å². The van der Waals surface area contributed by atoms with Crippen LogP contribution < -0.4 is 42.5 Å². The molecule has 0 saturated heterocycles. The predicted octanol–water partition coefficient (Wildman–Crippen LogP) is 1.71. The smallest absolute Gasteiger partial charge is 0.408 e. The highest BCUT2D eigenvalue weighted by Gasteiger charge is 2.38. The van der Waals surface area contributed by atoms with Crippen molar-refractivity contribution < 1.29 is 52.6 Å². The molecule has 0 fully saturated rings. The number of methoxy groups -OCH3 is 1. The van der Waals surface area contributed by atoms with Crippen LogP contribution in [0.25, 0.3) is 0 Å². The monoisotopic (exact) mass is 869 g/mol. The number of esters is 1. The zero-order valence-corrected chi connectivity index (χ0v) is 39.7. The van der Waals surface area contributed by atoms with Crippen molar-refractivity contribution in [3.8, 4) is 0 Å². The van der Waals surface area contributed by atoms with E-state index in [2.05, 4.69) is 42.5 Å². The van der Waals surface area contributed by atoms with Gasteiger partial charge in [0.15, 0.2) is 0 Å². The second-order valence-corrected chi connectivity index (χ2v) is 19.1. The molecule has 0 radical (unpaired) electrons. The molecule has 6 atom stereocenters. The Kier molecular flexibility index (Phi) is 21.9. The number of carbonyl (C=O) groups is 9. The summed E-state index contributed by atoms with van der Waals surface area (Å²) in [4.78, 5) is 118. The van der Waals surface area contributed by atoms with Crippen molar-refractivity contribution in [2.75, 3.05) is 7.11 Å². The fourth-order valence-corrected chi connectivity index (χ4v) is 5.72. The van der Waals surface area contributed by atoms with Gasteiger partial charge >= 0.3 is 12.1 Å². The van der Waals surface area contributed by atoms with E-state index >= 15 is 0 Å². The topological polar surface area (TPSA) is 268 Å². The summed E-state index contributed by atoms with van der Waals surface area (Å²) in [5.41, 5.74) is -3.78. The molecule has 0 aliphatic heterocycles. The standard InChI is InChI=1S/C42H76N8O11/c1-21(2)19-27(45-32(52)26(10)44-36(56)30(24(7)8)48-39(59)61-40(11,12)13)33(53)49-41(14,15)37(57)47-29(23(5)6)35(55)43-25(9)31(51)46-28(20-22(3)4)34(54)50-42(16,17)38(58)60-18/h21-30H,19-20H2,1-18H3,(H,43,55)(H,44,56)(H,45,52)(H,46,51)(H,47,57)(H,48,59)(H,49,53)(H,50,54)/t25-,26-,27-,28-,29-,30-/m0/s1. The van der Waals surface area contributed by atoms with Gasteiger partial charge in [-0.05, 0) is 98.8 Å². The van der Waals surface area contributed by atoms with Gasteiger partial charge in [0.05, 0.1) is 7.11 Å². The first kappa shape index (κ1) is 56.0. The molecule has 0 rings (SSSR count). The number of rotatable bonds is 22. The van der Waals surface area contributed by atoms with Gasteiger partial charge < -0.3 is 52.0 Å². The molecule has 0 aromatic heterocycles. The average Bonchev–Trinajstić information content (AvgIpc) is 3.09. The summed E-state index contributed by atoms with van der Waals surface area (Å²) in [5.74, 6) is -6.39. The van der Waals surface area contributed by atoms with Crippen molar-refractivity contribution in [2.24, 2.45) is 23.7 Å². The molecule has 61 heavy (non-hydrogen) atoms. The minimum Gasteiger partial charge on any atom is -0.467 e. The Balaban J connectivity index is 5.86. The lowest BCUT2D eigenvalue weighted by molar-refractivity contribution is -0.149. The van der Waals surface area contributed by atoms with Crippen molar-refractivity contribution in [1.82, 2.24) is 42.5 Å². The molecule has 0 unspecified atom stereocenters. The maximum Gasteiger partial charge on any atom is 0.408 e. The van der Waals surface area contributed by atoms with Crippen LogP contribution in [0.15, 0.2) is 0 Å². The van der Waals surface area contributed by atoms with Crippen LogP contribution >= 0.6 is 0 Å². The van der Waals surface area contributed by atoms with Crippen LogP contribution in [0.3, 0.4) is 0 Å². The van der Waals surface area contributed by atoms with E-state index in [1.54, 1.807) is 48.5 Å². The van der Waals surface area contributed by atoms with Gasteiger partial charge in [-0.1, -0.05) is 55.4 Å².